The first kappa shape index (κ1) is 17.6. The van der Waals surface area contributed by atoms with Gasteiger partial charge in [0.25, 0.3) is 15.7 Å². The molecule has 0 aliphatic carbocycles. The molecule has 2 rings (SSSR count). The largest absolute Gasteiger partial charge is 0.465 e. The molecule has 2 unspecified atom stereocenters. The quantitative estimate of drug-likeness (QED) is 0.324. The second-order valence-electron chi connectivity index (χ2n) is 4.14. The predicted octanol–water partition coefficient (Wildman–Crippen LogP) is 1.76. The van der Waals surface area contributed by atoms with Crippen LogP contribution in [0.25, 0.3) is 0 Å². The van der Waals surface area contributed by atoms with E-state index >= 15 is 0 Å². The third-order valence-electron chi connectivity index (χ3n) is 2.55. The van der Waals surface area contributed by atoms with Crippen LogP contribution in [0.2, 0.25) is 0 Å². The molecular formula is C11H11N2O7PS2. The molecule has 1 aromatic carbocycles. The van der Waals surface area contributed by atoms with Gasteiger partial charge in [0.05, 0.1) is 4.92 Å². The first-order valence-corrected chi connectivity index (χ1v) is 9.79. The highest BCUT2D eigenvalue weighted by Crippen LogP contribution is 2.27. The Labute approximate surface area is 135 Å². The van der Waals surface area contributed by atoms with Gasteiger partial charge in [-0.15, -0.1) is 11.3 Å². The van der Waals surface area contributed by atoms with Crippen LogP contribution in [0.3, 0.4) is 0 Å². The Morgan fingerprint density at radius 1 is 1.30 bits per heavy atom. The molecule has 124 valence electrons. The Bertz CT molecular complexity index is 805. The molecule has 12 heteroatoms. The van der Waals surface area contributed by atoms with Crippen molar-refractivity contribution in [2.45, 2.75) is 10.2 Å². The third-order valence-corrected chi connectivity index (χ3v) is 6.27. The highest BCUT2D eigenvalue weighted by atomic mass is 32.2. The molecule has 0 aliphatic rings. The molecule has 9 nitrogen and oxygen atoms in total. The fourth-order valence-corrected chi connectivity index (χ4v) is 4.60. The minimum atomic E-state index is -4.00. The molecule has 0 radical (unpaired) electrons. The summed E-state index contributed by atoms with van der Waals surface area (Å²) in [5.74, 6) is -1.67. The Hall–Kier alpha value is -1.78. The van der Waals surface area contributed by atoms with Crippen LogP contribution < -0.4 is 9.46 Å². The van der Waals surface area contributed by atoms with E-state index < -0.39 is 28.9 Å². The van der Waals surface area contributed by atoms with Gasteiger partial charge in [-0.25, -0.2) is 8.42 Å². The molecule has 0 bridgehead atoms. The smallest absolute Gasteiger partial charge is 0.269 e. The fourth-order valence-electron chi connectivity index (χ4n) is 1.52. The van der Waals surface area contributed by atoms with Gasteiger partial charge in [-0.3, -0.25) is 14.7 Å². The van der Waals surface area contributed by atoms with E-state index in [1.807, 2.05) is 4.72 Å². The first-order chi connectivity index (χ1) is 10.8. The zero-order valence-electron chi connectivity index (χ0n) is 11.3. The molecule has 0 amide bonds. The van der Waals surface area contributed by atoms with Crippen molar-refractivity contribution in [2.75, 3.05) is 0 Å². The summed E-state index contributed by atoms with van der Waals surface area (Å²) in [6.45, 7) is 0. The zero-order chi connectivity index (χ0) is 17.0. The summed E-state index contributed by atoms with van der Waals surface area (Å²) >= 11 is 0.942. The molecule has 23 heavy (non-hydrogen) atoms. The lowest BCUT2D eigenvalue weighted by molar-refractivity contribution is -0.384. The number of thiophene rings is 1. The van der Waals surface area contributed by atoms with Gasteiger partial charge in [-0.1, -0.05) is 6.07 Å². The highest BCUT2D eigenvalue weighted by molar-refractivity contribution is 7.91. The van der Waals surface area contributed by atoms with Gasteiger partial charge in [0.1, 0.15) is 9.96 Å². The van der Waals surface area contributed by atoms with E-state index in [0.29, 0.717) is 0 Å². The molecule has 2 N–H and O–H groups in total. The van der Waals surface area contributed by atoms with Crippen molar-refractivity contribution in [2.24, 2.45) is 0 Å². The molecule has 0 aliphatic heterocycles. The van der Waals surface area contributed by atoms with Gasteiger partial charge in [-0.05, 0) is 23.6 Å². The molecule has 2 atom stereocenters. The standard InChI is InChI=1S/C11H11N2O7PS2/c14-13(15)8-3-5-9(6-4-8)20-11(21(16)17)12-23(18,19)10-2-1-7-22-10/h1-7,11-12,21H,(H,16,17). The van der Waals surface area contributed by atoms with E-state index in [-0.39, 0.29) is 15.6 Å². The van der Waals surface area contributed by atoms with Gasteiger partial charge in [0.15, 0.2) is 0 Å². The first-order valence-electron chi connectivity index (χ1n) is 5.99. The summed E-state index contributed by atoms with van der Waals surface area (Å²) in [4.78, 5) is 19.2. The van der Waals surface area contributed by atoms with Crippen molar-refractivity contribution in [3.05, 3.63) is 51.9 Å². The van der Waals surface area contributed by atoms with Gasteiger partial charge in [-0.2, -0.15) is 4.72 Å². The number of ether oxygens (including phenoxy) is 1. The lowest BCUT2D eigenvalue weighted by Gasteiger charge is -2.17. The van der Waals surface area contributed by atoms with E-state index in [1.54, 1.807) is 5.38 Å². The van der Waals surface area contributed by atoms with Crippen molar-refractivity contribution in [3.8, 4) is 5.75 Å². The van der Waals surface area contributed by atoms with Crippen molar-refractivity contribution in [1.29, 1.82) is 0 Å². The second kappa shape index (κ2) is 7.20. The predicted molar refractivity (Wildman–Crippen MR) is 83.4 cm³/mol. The SMILES string of the molecule is O=[N+]([O-])c1ccc(OC(NS(=O)(=O)c2cccs2)[PH](=O)O)cc1. The summed E-state index contributed by atoms with van der Waals surface area (Å²) in [6, 6.07) is 7.53. The minimum absolute atomic E-state index is 0.0156. The maximum atomic E-state index is 12.0. The summed E-state index contributed by atoms with van der Waals surface area (Å²) in [7, 11) is -7.41. The van der Waals surface area contributed by atoms with Crippen LogP contribution in [0, 0.1) is 10.1 Å². The Morgan fingerprint density at radius 3 is 2.43 bits per heavy atom. The molecule has 0 spiro atoms. The van der Waals surface area contributed by atoms with Crippen molar-refractivity contribution in [1.82, 2.24) is 4.72 Å². The normalized spacial score (nSPS) is 14.1. The van der Waals surface area contributed by atoms with Crippen LogP contribution in [0.5, 0.6) is 5.75 Å². The minimum Gasteiger partial charge on any atom is -0.465 e. The van der Waals surface area contributed by atoms with Crippen molar-refractivity contribution in [3.63, 3.8) is 0 Å². The number of hydrogen-bond acceptors (Lipinski definition) is 7. The monoisotopic (exact) mass is 378 g/mol. The molecule has 0 saturated carbocycles. The number of nitrogens with one attached hydrogen (secondary N) is 1. The Morgan fingerprint density at radius 2 is 1.96 bits per heavy atom. The number of hydrogen-bond donors (Lipinski definition) is 2. The number of rotatable bonds is 7. The van der Waals surface area contributed by atoms with E-state index in [1.165, 1.54) is 24.3 Å². The lowest BCUT2D eigenvalue weighted by Crippen LogP contribution is -2.36. The number of benzene rings is 1. The summed E-state index contributed by atoms with van der Waals surface area (Å²) in [5, 5.41) is 12.1. The molecule has 1 aromatic heterocycles. The number of nitro groups is 1. The van der Waals surface area contributed by atoms with Crippen molar-refractivity contribution >= 4 is 35.1 Å². The number of sulfonamides is 1. The summed E-state index contributed by atoms with van der Waals surface area (Å²) < 4.78 is 42.5. The zero-order valence-corrected chi connectivity index (χ0v) is 13.9. The van der Waals surface area contributed by atoms with Crippen molar-refractivity contribution < 1.29 is 27.5 Å². The third kappa shape index (κ3) is 4.60. The van der Waals surface area contributed by atoms with Crippen LogP contribution in [0.1, 0.15) is 0 Å². The van der Waals surface area contributed by atoms with Crippen LogP contribution >= 0.6 is 19.4 Å². The molecular weight excluding hydrogens is 367 g/mol. The molecule has 0 fully saturated rings. The van der Waals surface area contributed by atoms with Crippen LogP contribution in [-0.2, 0) is 14.6 Å². The topological polar surface area (TPSA) is 136 Å². The summed E-state index contributed by atoms with van der Waals surface area (Å²) in [6.07, 6.45) is 0. The van der Waals surface area contributed by atoms with E-state index in [0.717, 1.165) is 23.5 Å². The van der Waals surface area contributed by atoms with Crippen LogP contribution in [-0.4, -0.2) is 24.2 Å². The summed E-state index contributed by atoms with van der Waals surface area (Å²) in [5.41, 5.74) is -0.190. The molecule has 1 heterocycles. The average molecular weight is 378 g/mol. The second-order valence-corrected chi connectivity index (χ2v) is 8.23. The number of nitro benzene ring substituents is 1. The average Bonchev–Trinajstić information content (AvgIpc) is 3.02. The maximum absolute atomic E-state index is 12.0. The number of nitrogens with zero attached hydrogens (tertiary/aromatic N) is 1. The Kier molecular flexibility index (Phi) is 5.50. The van der Waals surface area contributed by atoms with E-state index in [2.05, 4.69) is 0 Å². The van der Waals surface area contributed by atoms with E-state index in [4.69, 9.17) is 4.74 Å². The molecule has 0 saturated heterocycles. The fraction of sp³-hybridized carbons (Fsp3) is 0.0909. The lowest BCUT2D eigenvalue weighted by atomic mass is 10.3. The van der Waals surface area contributed by atoms with Gasteiger partial charge < -0.3 is 9.63 Å². The maximum Gasteiger partial charge on any atom is 0.269 e. The number of non-ortho nitro benzene ring substituents is 1. The van der Waals surface area contributed by atoms with Crippen LogP contribution in [0.4, 0.5) is 5.69 Å². The van der Waals surface area contributed by atoms with Gasteiger partial charge >= 0.3 is 0 Å². The van der Waals surface area contributed by atoms with E-state index in [9.17, 15) is 28.0 Å². The highest BCUT2D eigenvalue weighted by Gasteiger charge is 2.26. The molecule has 2 aromatic rings. The van der Waals surface area contributed by atoms with Crippen LogP contribution in [0.15, 0.2) is 46.0 Å². The Balaban J connectivity index is 2.16. The van der Waals surface area contributed by atoms with Gasteiger partial charge in [0, 0.05) is 12.1 Å². The van der Waals surface area contributed by atoms with Gasteiger partial charge in [0.2, 0.25) is 14.0 Å².